The summed E-state index contributed by atoms with van der Waals surface area (Å²) < 4.78 is 3.12. The molecular weight excluding hydrogens is 137 g/mol. The van der Waals surface area contributed by atoms with Crippen molar-refractivity contribution in [3.63, 3.8) is 0 Å². The van der Waals surface area contributed by atoms with E-state index in [2.05, 4.69) is 5.21 Å². The van der Waals surface area contributed by atoms with Gasteiger partial charge in [-0.3, -0.25) is 0 Å². The highest BCUT2D eigenvalue weighted by Gasteiger charge is 2.03. The van der Waals surface area contributed by atoms with Crippen LogP contribution in [0.5, 0.6) is 0 Å². The molecule has 0 spiro atoms. The fourth-order valence-electron chi connectivity index (χ4n) is 1.17. The Bertz CT molecular complexity index is 357. The maximum atomic E-state index is 5.56. The van der Waals surface area contributed by atoms with Crippen molar-refractivity contribution in [2.24, 2.45) is 7.05 Å². The lowest BCUT2D eigenvalue weighted by Gasteiger charge is -1.94. The van der Waals surface area contributed by atoms with E-state index >= 15 is 0 Å². The molecule has 0 unspecified atom stereocenters. The minimum Gasteiger partial charge on any atom is -0.433 e. The summed E-state index contributed by atoms with van der Waals surface area (Å²) in [6, 6.07) is 7.81. The van der Waals surface area contributed by atoms with E-state index in [-0.39, 0.29) is 0 Å². The van der Waals surface area contributed by atoms with Crippen molar-refractivity contribution in [1.82, 2.24) is 9.90 Å². The van der Waals surface area contributed by atoms with Crippen molar-refractivity contribution >= 4 is 19.0 Å². The van der Waals surface area contributed by atoms with Crippen LogP contribution in [0.1, 0.15) is 0 Å². The van der Waals surface area contributed by atoms with Crippen LogP contribution in [0.3, 0.4) is 0 Å². The first-order valence-electron chi connectivity index (χ1n) is 3.38. The smallest absolute Gasteiger partial charge is 0.192 e. The third-order valence-corrected chi connectivity index (χ3v) is 1.71. The van der Waals surface area contributed by atoms with Gasteiger partial charge < -0.3 is 4.59 Å². The van der Waals surface area contributed by atoms with Crippen LogP contribution in [-0.4, -0.2) is 17.9 Å². The van der Waals surface area contributed by atoms with Crippen LogP contribution < -0.4 is 4.59 Å². The number of aromatic nitrogens is 3. The average molecular weight is 144 g/mol. The fraction of sp³-hybridized carbons (Fsp3) is 0.143. The van der Waals surface area contributed by atoms with Crippen LogP contribution in [0.2, 0.25) is 0 Å². The monoisotopic (exact) mass is 144 g/mol. The minimum absolute atomic E-state index is 0.940. The van der Waals surface area contributed by atoms with Gasteiger partial charge in [-0.05, 0) is 12.1 Å². The molecule has 0 fully saturated rings. The Labute approximate surface area is 65.7 Å². The van der Waals surface area contributed by atoms with Gasteiger partial charge in [-0.15, -0.1) is 4.68 Å². The highest BCUT2D eigenvalue weighted by molar-refractivity contribution is 5.97. The first kappa shape index (κ1) is 6.40. The molecule has 3 nitrogen and oxygen atoms in total. The van der Waals surface area contributed by atoms with Crippen molar-refractivity contribution in [2.45, 2.75) is 0 Å². The molecule has 0 bridgehead atoms. The van der Waals surface area contributed by atoms with E-state index in [4.69, 9.17) is 7.98 Å². The Kier molecular flexibility index (Phi) is 1.21. The largest absolute Gasteiger partial charge is 0.433 e. The molecular formula is C7H7BN3. The summed E-state index contributed by atoms with van der Waals surface area (Å²) in [5.41, 5.74) is 1.98. The van der Waals surface area contributed by atoms with Crippen LogP contribution in [-0.2, 0) is 7.05 Å². The molecule has 53 valence electrons. The van der Waals surface area contributed by atoms with Gasteiger partial charge in [0.1, 0.15) is 12.6 Å². The third kappa shape index (κ3) is 0.825. The van der Waals surface area contributed by atoms with Gasteiger partial charge in [0.15, 0.2) is 5.52 Å². The van der Waals surface area contributed by atoms with E-state index in [0.29, 0.717) is 0 Å². The van der Waals surface area contributed by atoms with Gasteiger partial charge in [-0.2, -0.15) is 0 Å². The number of hydrogen-bond donors (Lipinski definition) is 0. The number of para-hydroxylation sites is 2. The predicted molar refractivity (Wildman–Crippen MR) is 42.1 cm³/mol. The lowest BCUT2D eigenvalue weighted by atomic mass is 10.3. The van der Waals surface area contributed by atoms with Crippen molar-refractivity contribution in [3.8, 4) is 0 Å². The summed E-state index contributed by atoms with van der Waals surface area (Å²) in [5.74, 6) is 0. The number of nitrogens with zero attached hydrogens (tertiary/aromatic N) is 3. The van der Waals surface area contributed by atoms with Crippen molar-refractivity contribution in [2.75, 3.05) is 0 Å². The van der Waals surface area contributed by atoms with E-state index in [9.17, 15) is 0 Å². The van der Waals surface area contributed by atoms with Crippen LogP contribution in [0, 0.1) is 0 Å². The summed E-state index contributed by atoms with van der Waals surface area (Å²) in [7, 11) is 7.43. The zero-order valence-corrected chi connectivity index (χ0v) is 6.23. The van der Waals surface area contributed by atoms with E-state index < -0.39 is 0 Å². The second-order valence-electron chi connectivity index (χ2n) is 2.45. The van der Waals surface area contributed by atoms with Crippen LogP contribution >= 0.6 is 0 Å². The maximum absolute atomic E-state index is 5.56. The molecule has 0 amide bonds. The maximum Gasteiger partial charge on any atom is 0.192 e. The SMILES string of the molecule is [B-][n+]1nn(C)c2ccccc21. The second-order valence-corrected chi connectivity index (χ2v) is 2.45. The van der Waals surface area contributed by atoms with E-state index in [0.717, 1.165) is 11.0 Å². The molecule has 0 aliphatic rings. The predicted octanol–water partition coefficient (Wildman–Crippen LogP) is -0.208. The molecule has 2 rings (SSSR count). The zero-order chi connectivity index (χ0) is 7.84. The minimum atomic E-state index is 0.940. The first-order chi connectivity index (χ1) is 5.29. The Morgan fingerprint density at radius 1 is 1.45 bits per heavy atom. The molecule has 0 N–H and O–H groups in total. The Hall–Kier alpha value is -1.32. The van der Waals surface area contributed by atoms with Crippen LogP contribution in [0.25, 0.3) is 11.0 Å². The van der Waals surface area contributed by atoms with Gasteiger partial charge in [-0.25, -0.2) is 7.98 Å². The fourth-order valence-corrected chi connectivity index (χ4v) is 1.17. The number of rotatable bonds is 0. The van der Waals surface area contributed by atoms with Gasteiger partial charge in [0, 0.05) is 5.21 Å². The summed E-state index contributed by atoms with van der Waals surface area (Å²) in [6.07, 6.45) is 0. The molecule has 0 aliphatic heterocycles. The lowest BCUT2D eigenvalue weighted by molar-refractivity contribution is -0.566. The molecule has 11 heavy (non-hydrogen) atoms. The van der Waals surface area contributed by atoms with E-state index in [1.165, 1.54) is 4.59 Å². The number of aryl methyl sites for hydroxylation is 1. The molecule has 0 saturated heterocycles. The summed E-state index contributed by atoms with van der Waals surface area (Å²) in [5, 5.41) is 4.00. The molecule has 1 aromatic carbocycles. The number of hydrogen-bond acceptors (Lipinski definition) is 1. The summed E-state index contributed by atoms with van der Waals surface area (Å²) >= 11 is 0. The van der Waals surface area contributed by atoms with Crippen molar-refractivity contribution < 1.29 is 4.59 Å². The Balaban J connectivity index is 2.95. The molecule has 1 heterocycles. The van der Waals surface area contributed by atoms with Gasteiger partial charge in [0.2, 0.25) is 0 Å². The molecule has 1 aromatic heterocycles. The van der Waals surface area contributed by atoms with Crippen LogP contribution in [0.4, 0.5) is 0 Å². The van der Waals surface area contributed by atoms with E-state index in [1.54, 1.807) is 4.68 Å². The number of benzene rings is 1. The molecule has 0 saturated carbocycles. The standard InChI is InChI=1S/C7H7BN3/c1-10-6-4-2-3-5-7(6)11(8)9-10/h2-5H,1H3. The highest BCUT2D eigenvalue weighted by Crippen LogP contribution is 2.05. The number of fused-ring (bicyclic) bond motifs is 1. The highest BCUT2D eigenvalue weighted by atomic mass is 15.5. The topological polar surface area (TPSA) is 21.7 Å². The third-order valence-electron chi connectivity index (χ3n) is 1.71. The Morgan fingerprint density at radius 2 is 2.18 bits per heavy atom. The second kappa shape index (κ2) is 2.08. The zero-order valence-electron chi connectivity index (χ0n) is 6.23. The molecule has 3 radical (unpaired) electrons. The van der Waals surface area contributed by atoms with Gasteiger partial charge in [-0.1, -0.05) is 12.1 Å². The van der Waals surface area contributed by atoms with Crippen molar-refractivity contribution in [1.29, 1.82) is 0 Å². The molecule has 0 aliphatic carbocycles. The van der Waals surface area contributed by atoms with Crippen molar-refractivity contribution in [3.05, 3.63) is 24.3 Å². The Morgan fingerprint density at radius 3 is 2.91 bits per heavy atom. The van der Waals surface area contributed by atoms with Gasteiger partial charge in [0.25, 0.3) is 0 Å². The molecule has 0 atom stereocenters. The van der Waals surface area contributed by atoms with Gasteiger partial charge in [0.05, 0.1) is 0 Å². The van der Waals surface area contributed by atoms with Gasteiger partial charge >= 0.3 is 0 Å². The lowest BCUT2D eigenvalue weighted by Crippen LogP contribution is -2.34. The molecule has 4 heteroatoms. The normalized spacial score (nSPS) is 10.7. The summed E-state index contributed by atoms with van der Waals surface area (Å²) in [6.45, 7) is 0. The average Bonchev–Trinajstić information content (AvgIpc) is 2.30. The quantitative estimate of drug-likeness (QED) is 0.469. The first-order valence-corrected chi connectivity index (χ1v) is 3.38. The van der Waals surface area contributed by atoms with E-state index in [1.807, 2.05) is 31.3 Å². The van der Waals surface area contributed by atoms with Crippen LogP contribution in [0.15, 0.2) is 24.3 Å². The summed E-state index contributed by atoms with van der Waals surface area (Å²) in [4.78, 5) is 0. The molecule has 2 aromatic rings.